The summed E-state index contributed by atoms with van der Waals surface area (Å²) in [5.41, 5.74) is 2.64. The average Bonchev–Trinajstić information content (AvgIpc) is 2.98. The molecule has 0 saturated carbocycles. The standard InChI is InChI=1S/C21H24N2O5/c1-21(2)6-5-16-14-8-18(24)12(11-27-3)7-13(14)17-9-19(25)15(20(26)28-4)10-22(17)23(16)21/h7-10,16,24H,5-6,11H2,1-4H3/t16-/m1/s1. The van der Waals surface area contributed by atoms with Gasteiger partial charge in [0, 0.05) is 30.5 Å². The van der Waals surface area contributed by atoms with E-state index in [4.69, 9.17) is 9.47 Å². The second kappa shape index (κ2) is 6.38. The van der Waals surface area contributed by atoms with Crippen LogP contribution in [-0.2, 0) is 16.1 Å². The number of nitrogens with zero attached hydrogens (tertiary/aromatic N) is 2. The summed E-state index contributed by atoms with van der Waals surface area (Å²) in [4.78, 5) is 24.7. The van der Waals surface area contributed by atoms with Crippen LogP contribution in [0.1, 0.15) is 54.2 Å². The first-order valence-corrected chi connectivity index (χ1v) is 9.28. The molecule has 0 aliphatic carbocycles. The number of ether oxygens (including phenoxy) is 2. The molecule has 7 heteroatoms. The lowest BCUT2D eigenvalue weighted by Gasteiger charge is -2.44. The van der Waals surface area contributed by atoms with Crippen LogP contribution in [0.2, 0.25) is 0 Å². The Hall–Kier alpha value is -2.80. The first-order valence-electron chi connectivity index (χ1n) is 9.28. The number of methoxy groups -OCH3 is 2. The first kappa shape index (κ1) is 18.6. The lowest BCUT2D eigenvalue weighted by molar-refractivity contribution is 0.0598. The third-order valence-corrected chi connectivity index (χ3v) is 5.80. The van der Waals surface area contributed by atoms with Crippen LogP contribution in [0, 0.1) is 0 Å². The highest BCUT2D eigenvalue weighted by molar-refractivity contribution is 5.89. The van der Waals surface area contributed by atoms with E-state index in [0.717, 1.165) is 24.0 Å². The van der Waals surface area contributed by atoms with E-state index < -0.39 is 5.97 Å². The molecule has 0 spiro atoms. The normalized spacial score (nSPS) is 19.0. The van der Waals surface area contributed by atoms with Crippen LogP contribution in [0.25, 0.3) is 11.3 Å². The van der Waals surface area contributed by atoms with E-state index in [2.05, 4.69) is 18.9 Å². The van der Waals surface area contributed by atoms with Crippen LogP contribution in [0.3, 0.4) is 0 Å². The molecular formula is C21H24N2O5. The molecule has 1 aromatic carbocycles. The van der Waals surface area contributed by atoms with Gasteiger partial charge in [-0.3, -0.25) is 14.5 Å². The van der Waals surface area contributed by atoms with E-state index >= 15 is 0 Å². The minimum absolute atomic E-state index is 0.00652. The Morgan fingerprint density at radius 1 is 1.29 bits per heavy atom. The van der Waals surface area contributed by atoms with Crippen molar-refractivity contribution < 1.29 is 19.4 Å². The predicted octanol–water partition coefficient (Wildman–Crippen LogP) is 2.72. The summed E-state index contributed by atoms with van der Waals surface area (Å²) in [5.74, 6) is -0.460. The monoisotopic (exact) mass is 384 g/mol. The number of carbonyl (C=O) groups excluding carboxylic acids is 1. The Balaban J connectivity index is 2.02. The zero-order valence-electron chi connectivity index (χ0n) is 16.5. The zero-order chi connectivity index (χ0) is 20.2. The maximum atomic E-state index is 12.6. The van der Waals surface area contributed by atoms with Gasteiger partial charge in [0.15, 0.2) is 5.43 Å². The highest BCUT2D eigenvalue weighted by atomic mass is 16.5. The molecule has 148 valence electrons. The number of aromatic nitrogens is 1. The molecule has 0 radical (unpaired) electrons. The SMILES string of the molecule is COCc1cc2c(cc1O)[C@H]1CCC(C)(C)N1n1cc(C(=O)OC)c(=O)cc1-2. The van der Waals surface area contributed by atoms with Gasteiger partial charge in [0.1, 0.15) is 11.3 Å². The van der Waals surface area contributed by atoms with Crippen LogP contribution in [0.5, 0.6) is 5.75 Å². The van der Waals surface area contributed by atoms with Crippen LogP contribution in [0.4, 0.5) is 0 Å². The summed E-state index contributed by atoms with van der Waals surface area (Å²) in [7, 11) is 2.84. The molecule has 7 nitrogen and oxygen atoms in total. The highest BCUT2D eigenvalue weighted by Gasteiger charge is 2.45. The fraction of sp³-hybridized carbons (Fsp3) is 0.429. The van der Waals surface area contributed by atoms with Gasteiger partial charge in [-0.15, -0.1) is 0 Å². The zero-order valence-corrected chi connectivity index (χ0v) is 16.5. The van der Waals surface area contributed by atoms with E-state index in [0.29, 0.717) is 11.3 Å². The molecule has 2 aliphatic rings. The molecule has 28 heavy (non-hydrogen) atoms. The molecule has 1 atom stereocenters. The molecule has 1 fully saturated rings. The molecule has 2 aliphatic heterocycles. The molecule has 0 unspecified atom stereocenters. The van der Waals surface area contributed by atoms with Crippen molar-refractivity contribution in [1.29, 1.82) is 0 Å². The lowest BCUT2D eigenvalue weighted by atomic mass is 9.92. The molecule has 0 amide bonds. The smallest absolute Gasteiger partial charge is 0.343 e. The van der Waals surface area contributed by atoms with Gasteiger partial charge in [0.05, 0.1) is 31.0 Å². The first-order chi connectivity index (χ1) is 13.3. The Labute approximate surface area is 163 Å². The van der Waals surface area contributed by atoms with Crippen molar-refractivity contribution in [2.45, 2.75) is 44.9 Å². The number of fused-ring (bicyclic) bond motifs is 6. The van der Waals surface area contributed by atoms with Crippen LogP contribution in [0.15, 0.2) is 29.2 Å². The van der Waals surface area contributed by atoms with E-state index in [-0.39, 0.29) is 34.9 Å². The Morgan fingerprint density at radius 3 is 2.71 bits per heavy atom. The number of esters is 1. The Bertz CT molecular complexity index is 1020. The van der Waals surface area contributed by atoms with Crippen LogP contribution in [-0.4, -0.2) is 35.5 Å². The topological polar surface area (TPSA) is 81.0 Å². The minimum Gasteiger partial charge on any atom is -0.508 e. The van der Waals surface area contributed by atoms with Crippen molar-refractivity contribution in [3.8, 4) is 17.0 Å². The van der Waals surface area contributed by atoms with Gasteiger partial charge in [-0.25, -0.2) is 4.79 Å². The number of rotatable bonds is 3. The third kappa shape index (κ3) is 2.61. The predicted molar refractivity (Wildman–Crippen MR) is 104 cm³/mol. The van der Waals surface area contributed by atoms with Gasteiger partial charge in [-0.05, 0) is 44.4 Å². The van der Waals surface area contributed by atoms with Crippen molar-refractivity contribution in [3.63, 3.8) is 0 Å². The van der Waals surface area contributed by atoms with Crippen molar-refractivity contribution in [2.24, 2.45) is 0 Å². The summed E-state index contributed by atoms with van der Waals surface area (Å²) >= 11 is 0. The Kier molecular flexibility index (Phi) is 4.23. The molecule has 0 bridgehead atoms. The molecule has 1 aromatic heterocycles. The van der Waals surface area contributed by atoms with Gasteiger partial charge < -0.3 is 14.6 Å². The van der Waals surface area contributed by atoms with Gasteiger partial charge in [0.25, 0.3) is 0 Å². The summed E-state index contributed by atoms with van der Waals surface area (Å²) in [5, 5.41) is 12.7. The van der Waals surface area contributed by atoms with Gasteiger partial charge in [-0.2, -0.15) is 0 Å². The second-order valence-corrected chi connectivity index (χ2v) is 7.99. The van der Waals surface area contributed by atoms with Gasteiger partial charge in [-0.1, -0.05) is 0 Å². The number of pyridine rings is 1. The van der Waals surface area contributed by atoms with Crippen molar-refractivity contribution in [1.82, 2.24) is 4.68 Å². The second-order valence-electron chi connectivity index (χ2n) is 7.99. The lowest BCUT2D eigenvalue weighted by Crippen LogP contribution is -2.50. The van der Waals surface area contributed by atoms with Crippen molar-refractivity contribution >= 4 is 5.97 Å². The van der Waals surface area contributed by atoms with Gasteiger partial charge in [0.2, 0.25) is 0 Å². The molecule has 4 rings (SSSR count). The summed E-state index contributed by atoms with van der Waals surface area (Å²) in [6, 6.07) is 5.17. The number of phenolic OH excluding ortho intramolecular Hbond substituents is 1. The number of aromatic hydroxyl groups is 1. The number of phenols is 1. The fourth-order valence-corrected chi connectivity index (χ4v) is 4.46. The molecular weight excluding hydrogens is 360 g/mol. The molecule has 2 aromatic rings. The minimum atomic E-state index is -0.648. The maximum Gasteiger partial charge on any atom is 0.343 e. The number of carbonyl (C=O) groups is 1. The van der Waals surface area contributed by atoms with Crippen molar-refractivity contribution in [3.05, 3.63) is 51.3 Å². The van der Waals surface area contributed by atoms with Gasteiger partial charge >= 0.3 is 5.97 Å². The summed E-state index contributed by atoms with van der Waals surface area (Å²) in [6.07, 6.45) is 3.42. The maximum absolute atomic E-state index is 12.6. The largest absolute Gasteiger partial charge is 0.508 e. The average molecular weight is 384 g/mol. The molecule has 1 N–H and O–H groups in total. The van der Waals surface area contributed by atoms with Crippen molar-refractivity contribution in [2.75, 3.05) is 19.2 Å². The Morgan fingerprint density at radius 2 is 2.04 bits per heavy atom. The van der Waals surface area contributed by atoms with E-state index in [1.807, 2.05) is 10.7 Å². The van der Waals surface area contributed by atoms with E-state index in [1.54, 1.807) is 19.4 Å². The molecule has 3 heterocycles. The number of benzene rings is 1. The third-order valence-electron chi connectivity index (χ3n) is 5.80. The van der Waals surface area contributed by atoms with Crippen LogP contribution < -0.4 is 10.4 Å². The summed E-state index contributed by atoms with van der Waals surface area (Å²) < 4.78 is 11.9. The highest BCUT2D eigenvalue weighted by Crippen LogP contribution is 2.49. The quantitative estimate of drug-likeness (QED) is 0.820. The molecule has 1 saturated heterocycles. The van der Waals surface area contributed by atoms with Crippen LogP contribution >= 0.6 is 0 Å². The van der Waals surface area contributed by atoms with E-state index in [9.17, 15) is 14.7 Å². The number of hydrogen-bond acceptors (Lipinski definition) is 6. The summed E-state index contributed by atoms with van der Waals surface area (Å²) in [6.45, 7) is 4.54. The number of hydrogen-bond donors (Lipinski definition) is 1. The fourth-order valence-electron chi connectivity index (χ4n) is 4.46. The van der Waals surface area contributed by atoms with E-state index in [1.165, 1.54) is 13.2 Å².